The van der Waals surface area contributed by atoms with E-state index >= 15 is 0 Å². The smallest absolute Gasteiger partial charge is 0.168 e. The van der Waals surface area contributed by atoms with Crippen LogP contribution in [0, 0.1) is 0 Å². The van der Waals surface area contributed by atoms with Crippen LogP contribution in [0.2, 0.25) is 5.02 Å². The third-order valence-electron chi connectivity index (χ3n) is 5.66. The number of nitrogens with zero attached hydrogens (tertiary/aromatic N) is 6. The van der Waals surface area contributed by atoms with Crippen LogP contribution in [0.25, 0.3) is 0 Å². The lowest BCUT2D eigenvalue weighted by atomic mass is 10.1. The molecular formula is C22H28Cl2N6O. The standard InChI is InChI=1S/C22H27ClN6O.ClH/c1-3-21(28-13-11-27(12-14-28)19-6-4-5-18(23)15-19)22-24-25-26-29(22)16-17-7-9-20(30-2)10-8-17;/h4-10,15,21H,3,11-14,16H2,1-2H3;1H. The van der Waals surface area contributed by atoms with Crippen LogP contribution in [0.1, 0.15) is 30.8 Å². The van der Waals surface area contributed by atoms with Crippen molar-refractivity contribution in [2.24, 2.45) is 0 Å². The van der Waals surface area contributed by atoms with Crippen molar-refractivity contribution in [2.75, 3.05) is 38.2 Å². The Kier molecular flexibility index (Phi) is 8.12. The van der Waals surface area contributed by atoms with Gasteiger partial charge in [-0.1, -0.05) is 36.7 Å². The molecule has 166 valence electrons. The molecule has 1 aromatic heterocycles. The van der Waals surface area contributed by atoms with Gasteiger partial charge in [-0.3, -0.25) is 4.90 Å². The van der Waals surface area contributed by atoms with E-state index in [-0.39, 0.29) is 18.4 Å². The zero-order valence-corrected chi connectivity index (χ0v) is 19.4. The third kappa shape index (κ3) is 5.47. The highest BCUT2D eigenvalue weighted by Gasteiger charge is 2.28. The van der Waals surface area contributed by atoms with Gasteiger partial charge in [-0.15, -0.1) is 17.5 Å². The van der Waals surface area contributed by atoms with Crippen molar-refractivity contribution in [3.8, 4) is 5.75 Å². The van der Waals surface area contributed by atoms with Crippen molar-refractivity contribution in [2.45, 2.75) is 25.9 Å². The van der Waals surface area contributed by atoms with Gasteiger partial charge in [-0.05, 0) is 52.7 Å². The van der Waals surface area contributed by atoms with E-state index < -0.39 is 0 Å². The highest BCUT2D eigenvalue weighted by atomic mass is 35.5. The van der Waals surface area contributed by atoms with Crippen molar-refractivity contribution >= 4 is 29.7 Å². The number of hydrogen-bond donors (Lipinski definition) is 0. The Hall–Kier alpha value is -2.35. The summed E-state index contributed by atoms with van der Waals surface area (Å²) in [5, 5.41) is 13.4. The van der Waals surface area contributed by atoms with E-state index in [0.717, 1.165) is 54.8 Å². The third-order valence-corrected chi connectivity index (χ3v) is 5.90. The Labute approximate surface area is 194 Å². The second-order valence-corrected chi connectivity index (χ2v) is 7.91. The number of aromatic nitrogens is 4. The first kappa shape index (κ1) is 23.3. The Morgan fingerprint density at radius 1 is 1.06 bits per heavy atom. The van der Waals surface area contributed by atoms with Crippen molar-refractivity contribution in [3.63, 3.8) is 0 Å². The fourth-order valence-electron chi connectivity index (χ4n) is 4.04. The minimum absolute atomic E-state index is 0. The van der Waals surface area contributed by atoms with Crippen LogP contribution >= 0.6 is 24.0 Å². The monoisotopic (exact) mass is 462 g/mol. The van der Waals surface area contributed by atoms with Gasteiger partial charge in [-0.25, -0.2) is 4.68 Å². The molecule has 1 fully saturated rings. The lowest BCUT2D eigenvalue weighted by Crippen LogP contribution is -2.48. The predicted molar refractivity (Wildman–Crippen MR) is 125 cm³/mol. The summed E-state index contributed by atoms with van der Waals surface area (Å²) in [6, 6.07) is 16.3. The van der Waals surface area contributed by atoms with E-state index in [1.807, 2.05) is 35.0 Å². The molecule has 0 N–H and O–H groups in total. The lowest BCUT2D eigenvalue weighted by Gasteiger charge is -2.39. The second-order valence-electron chi connectivity index (χ2n) is 7.47. The van der Waals surface area contributed by atoms with Crippen molar-refractivity contribution in [1.29, 1.82) is 0 Å². The molecule has 1 saturated heterocycles. The van der Waals surface area contributed by atoms with Gasteiger partial charge in [0.1, 0.15) is 5.75 Å². The van der Waals surface area contributed by atoms with E-state index in [0.29, 0.717) is 6.54 Å². The zero-order chi connectivity index (χ0) is 20.9. The molecule has 1 aliphatic rings. The minimum Gasteiger partial charge on any atom is -0.497 e. The van der Waals surface area contributed by atoms with Crippen molar-refractivity contribution < 1.29 is 4.74 Å². The van der Waals surface area contributed by atoms with Gasteiger partial charge in [0.05, 0.1) is 19.7 Å². The van der Waals surface area contributed by atoms with E-state index in [1.165, 1.54) is 5.69 Å². The van der Waals surface area contributed by atoms with Gasteiger partial charge >= 0.3 is 0 Å². The van der Waals surface area contributed by atoms with Crippen LogP contribution in [-0.4, -0.2) is 58.4 Å². The van der Waals surface area contributed by atoms with Gasteiger partial charge < -0.3 is 9.64 Å². The highest BCUT2D eigenvalue weighted by molar-refractivity contribution is 6.30. The van der Waals surface area contributed by atoms with Crippen LogP contribution < -0.4 is 9.64 Å². The summed E-state index contributed by atoms with van der Waals surface area (Å²) in [4.78, 5) is 4.87. The summed E-state index contributed by atoms with van der Waals surface area (Å²) in [5.74, 6) is 1.77. The molecule has 0 radical (unpaired) electrons. The maximum absolute atomic E-state index is 6.17. The molecule has 7 nitrogen and oxygen atoms in total. The number of methoxy groups -OCH3 is 1. The highest BCUT2D eigenvalue weighted by Crippen LogP contribution is 2.26. The summed E-state index contributed by atoms with van der Waals surface area (Å²) >= 11 is 6.17. The normalized spacial score (nSPS) is 15.4. The fourth-order valence-corrected chi connectivity index (χ4v) is 4.22. The van der Waals surface area contributed by atoms with Crippen LogP contribution in [-0.2, 0) is 6.54 Å². The van der Waals surface area contributed by atoms with Crippen molar-refractivity contribution in [3.05, 3.63) is 64.9 Å². The molecule has 0 spiro atoms. The maximum Gasteiger partial charge on any atom is 0.168 e. The SMILES string of the molecule is CCC(c1nnnn1Cc1ccc(OC)cc1)N1CCN(c2cccc(Cl)c2)CC1.Cl. The van der Waals surface area contributed by atoms with Crippen LogP contribution in [0.3, 0.4) is 0 Å². The molecule has 1 unspecified atom stereocenters. The van der Waals surface area contributed by atoms with Crippen LogP contribution in [0.15, 0.2) is 48.5 Å². The fraction of sp³-hybridized carbons (Fsp3) is 0.409. The van der Waals surface area contributed by atoms with Gasteiger partial charge in [0.25, 0.3) is 0 Å². The molecule has 1 atom stereocenters. The number of benzene rings is 2. The predicted octanol–water partition coefficient (Wildman–Crippen LogP) is 4.08. The number of tetrazole rings is 1. The Morgan fingerprint density at radius 2 is 1.81 bits per heavy atom. The number of halogens is 2. The number of piperazine rings is 1. The first-order valence-corrected chi connectivity index (χ1v) is 10.7. The first-order chi connectivity index (χ1) is 14.7. The second kappa shape index (κ2) is 10.8. The largest absolute Gasteiger partial charge is 0.497 e. The molecular weight excluding hydrogens is 435 g/mol. The zero-order valence-electron chi connectivity index (χ0n) is 17.8. The van der Waals surface area contributed by atoms with Crippen LogP contribution in [0.4, 0.5) is 5.69 Å². The lowest BCUT2D eigenvalue weighted by molar-refractivity contribution is 0.169. The van der Waals surface area contributed by atoms with E-state index in [9.17, 15) is 0 Å². The maximum atomic E-state index is 6.17. The molecule has 0 aliphatic carbocycles. The molecule has 2 heterocycles. The molecule has 2 aromatic carbocycles. The van der Waals surface area contributed by atoms with E-state index in [2.05, 4.69) is 50.4 Å². The van der Waals surface area contributed by atoms with Gasteiger partial charge in [0.15, 0.2) is 5.82 Å². The molecule has 4 rings (SSSR count). The van der Waals surface area contributed by atoms with Gasteiger partial charge in [0.2, 0.25) is 0 Å². The molecule has 0 saturated carbocycles. The number of rotatable bonds is 7. The summed E-state index contributed by atoms with van der Waals surface area (Å²) in [6.45, 7) is 6.67. The van der Waals surface area contributed by atoms with E-state index in [4.69, 9.17) is 16.3 Å². The molecule has 31 heavy (non-hydrogen) atoms. The summed E-state index contributed by atoms with van der Waals surface area (Å²) in [5.41, 5.74) is 2.32. The average Bonchev–Trinajstić information content (AvgIpc) is 3.23. The van der Waals surface area contributed by atoms with Gasteiger partial charge in [-0.2, -0.15) is 0 Å². The van der Waals surface area contributed by atoms with Crippen LogP contribution in [0.5, 0.6) is 5.75 Å². The Morgan fingerprint density at radius 3 is 2.45 bits per heavy atom. The topological polar surface area (TPSA) is 59.3 Å². The summed E-state index contributed by atoms with van der Waals surface area (Å²) < 4.78 is 7.16. The number of hydrogen-bond acceptors (Lipinski definition) is 6. The molecule has 9 heteroatoms. The molecule has 3 aromatic rings. The summed E-state index contributed by atoms with van der Waals surface area (Å²) in [7, 11) is 1.67. The average molecular weight is 463 g/mol. The van der Waals surface area contributed by atoms with Crippen molar-refractivity contribution in [1.82, 2.24) is 25.1 Å². The Bertz CT molecular complexity index is 957. The Balaban J connectivity index is 0.00000272. The minimum atomic E-state index is 0. The number of anilines is 1. The quantitative estimate of drug-likeness (QED) is 0.527. The molecule has 0 amide bonds. The summed E-state index contributed by atoms with van der Waals surface area (Å²) in [6.07, 6.45) is 0.958. The molecule has 1 aliphatic heterocycles. The van der Waals surface area contributed by atoms with E-state index in [1.54, 1.807) is 7.11 Å². The first-order valence-electron chi connectivity index (χ1n) is 10.3. The number of ether oxygens (including phenoxy) is 1. The molecule has 0 bridgehead atoms. The van der Waals surface area contributed by atoms with Gasteiger partial charge in [0, 0.05) is 36.9 Å².